The average molecular weight is 294 g/mol. The van der Waals surface area contributed by atoms with Crippen LogP contribution in [0.1, 0.15) is 49.4 Å². The van der Waals surface area contributed by atoms with E-state index in [2.05, 4.69) is 17.6 Å². The summed E-state index contributed by atoms with van der Waals surface area (Å²) in [5.41, 5.74) is 0. The fourth-order valence-corrected chi connectivity index (χ4v) is 2.53. The predicted octanol–water partition coefficient (Wildman–Crippen LogP) is 2.44. The van der Waals surface area contributed by atoms with Gasteiger partial charge in [0.25, 0.3) is 0 Å². The molecule has 1 fully saturated rings. The van der Waals surface area contributed by atoms with E-state index in [4.69, 9.17) is 9.15 Å². The maximum absolute atomic E-state index is 11.8. The minimum atomic E-state index is -0.493. The highest BCUT2D eigenvalue weighted by atomic mass is 16.5. The Morgan fingerprint density at radius 3 is 2.86 bits per heavy atom. The molecule has 1 aliphatic carbocycles. The number of amides is 2. The quantitative estimate of drug-likeness (QED) is 0.817. The van der Waals surface area contributed by atoms with Crippen LogP contribution in [0, 0.1) is 5.92 Å². The summed E-state index contributed by atoms with van der Waals surface area (Å²) in [5, 5.41) is 5.70. The van der Waals surface area contributed by atoms with Crippen LogP contribution >= 0.6 is 0 Å². The first-order chi connectivity index (χ1) is 10.1. The molecule has 1 aliphatic rings. The van der Waals surface area contributed by atoms with E-state index in [1.54, 1.807) is 19.1 Å². The van der Waals surface area contributed by atoms with Gasteiger partial charge in [0.15, 0.2) is 0 Å². The van der Waals surface area contributed by atoms with E-state index in [1.807, 2.05) is 0 Å². The highest BCUT2D eigenvalue weighted by molar-refractivity contribution is 5.86. The number of nitrogens with one attached hydrogen (secondary N) is 2. The molecule has 2 amide bonds. The Morgan fingerprint density at radius 2 is 2.19 bits per heavy atom. The molecule has 1 aromatic heterocycles. The van der Waals surface area contributed by atoms with Gasteiger partial charge >= 0.3 is 12.0 Å². The summed E-state index contributed by atoms with van der Waals surface area (Å²) in [6, 6.07) is 3.25. The number of furan rings is 1. The molecule has 0 saturated heterocycles. The second-order valence-electron chi connectivity index (χ2n) is 5.33. The van der Waals surface area contributed by atoms with Crippen molar-refractivity contribution < 1.29 is 18.7 Å². The molecule has 2 rings (SSSR count). The molecule has 0 spiro atoms. The summed E-state index contributed by atoms with van der Waals surface area (Å²) >= 11 is 0. The van der Waals surface area contributed by atoms with Gasteiger partial charge in [0.1, 0.15) is 5.76 Å². The van der Waals surface area contributed by atoms with Gasteiger partial charge in [0, 0.05) is 6.04 Å². The van der Waals surface area contributed by atoms with Crippen molar-refractivity contribution in [3.8, 4) is 0 Å². The molecule has 0 radical (unpaired) electrons. The van der Waals surface area contributed by atoms with Crippen molar-refractivity contribution in [1.29, 1.82) is 0 Å². The second-order valence-corrected chi connectivity index (χ2v) is 5.33. The second kappa shape index (κ2) is 7.15. The summed E-state index contributed by atoms with van der Waals surface area (Å²) < 4.78 is 10.2. The molecule has 2 N–H and O–H groups in total. The van der Waals surface area contributed by atoms with Crippen LogP contribution in [0.3, 0.4) is 0 Å². The topological polar surface area (TPSA) is 80.6 Å². The summed E-state index contributed by atoms with van der Waals surface area (Å²) in [6.45, 7) is 4.43. The fraction of sp³-hybridized carbons (Fsp3) is 0.600. The third kappa shape index (κ3) is 4.24. The van der Waals surface area contributed by atoms with Crippen LogP contribution in [0.25, 0.3) is 0 Å². The first-order valence-electron chi connectivity index (χ1n) is 7.40. The van der Waals surface area contributed by atoms with E-state index >= 15 is 0 Å². The van der Waals surface area contributed by atoms with Gasteiger partial charge in [-0.25, -0.2) is 9.59 Å². The normalized spacial score (nSPS) is 21.0. The highest BCUT2D eigenvalue weighted by Gasteiger charge is 2.24. The maximum Gasteiger partial charge on any atom is 0.374 e. The minimum Gasteiger partial charge on any atom is -0.460 e. The lowest BCUT2D eigenvalue weighted by atomic mass is 10.1. The van der Waals surface area contributed by atoms with Gasteiger partial charge in [0.2, 0.25) is 5.76 Å². The van der Waals surface area contributed by atoms with Gasteiger partial charge in [-0.3, -0.25) is 0 Å². The van der Waals surface area contributed by atoms with Gasteiger partial charge < -0.3 is 19.8 Å². The lowest BCUT2D eigenvalue weighted by Gasteiger charge is -2.17. The van der Waals surface area contributed by atoms with Gasteiger partial charge in [-0.15, -0.1) is 0 Å². The van der Waals surface area contributed by atoms with E-state index in [0.29, 0.717) is 18.3 Å². The van der Waals surface area contributed by atoms with Crippen molar-refractivity contribution in [1.82, 2.24) is 10.6 Å². The number of esters is 1. The van der Waals surface area contributed by atoms with Crippen molar-refractivity contribution in [3.05, 3.63) is 23.7 Å². The van der Waals surface area contributed by atoms with Crippen LogP contribution in [-0.4, -0.2) is 24.6 Å². The molecule has 0 bridgehead atoms. The molecule has 0 aliphatic heterocycles. The molecule has 0 aromatic carbocycles. The first-order valence-corrected chi connectivity index (χ1v) is 7.40. The molecular formula is C15H22N2O4. The third-order valence-corrected chi connectivity index (χ3v) is 3.74. The zero-order valence-electron chi connectivity index (χ0n) is 12.5. The van der Waals surface area contributed by atoms with Crippen molar-refractivity contribution in [2.45, 2.75) is 45.7 Å². The smallest absolute Gasteiger partial charge is 0.374 e. The van der Waals surface area contributed by atoms with Crippen LogP contribution < -0.4 is 10.6 Å². The molecule has 1 heterocycles. The Labute approximate surface area is 124 Å². The highest BCUT2D eigenvalue weighted by Crippen LogP contribution is 2.24. The zero-order valence-corrected chi connectivity index (χ0v) is 12.5. The van der Waals surface area contributed by atoms with E-state index in [9.17, 15) is 9.59 Å². The molecular weight excluding hydrogens is 272 g/mol. The molecule has 6 nitrogen and oxygen atoms in total. The minimum absolute atomic E-state index is 0.151. The van der Waals surface area contributed by atoms with Crippen LogP contribution in [0.4, 0.5) is 4.79 Å². The largest absolute Gasteiger partial charge is 0.460 e. The summed E-state index contributed by atoms with van der Waals surface area (Å²) in [7, 11) is 0. The Morgan fingerprint density at radius 1 is 1.38 bits per heavy atom. The van der Waals surface area contributed by atoms with E-state index in [1.165, 1.54) is 0 Å². The monoisotopic (exact) mass is 294 g/mol. The van der Waals surface area contributed by atoms with Gasteiger partial charge in [-0.05, 0) is 37.8 Å². The number of ether oxygens (including phenoxy) is 1. The van der Waals surface area contributed by atoms with E-state index < -0.39 is 5.97 Å². The number of urea groups is 1. The molecule has 6 heteroatoms. The Balaban J connectivity index is 1.77. The van der Waals surface area contributed by atoms with Gasteiger partial charge in [-0.1, -0.05) is 13.3 Å². The Hall–Kier alpha value is -1.98. The molecule has 21 heavy (non-hydrogen) atoms. The maximum atomic E-state index is 11.8. The van der Waals surface area contributed by atoms with Gasteiger partial charge in [0.05, 0.1) is 13.2 Å². The summed E-state index contributed by atoms with van der Waals surface area (Å²) in [6.07, 6.45) is 3.35. The number of carbonyl (C=O) groups excluding carboxylic acids is 2. The van der Waals surface area contributed by atoms with E-state index in [-0.39, 0.29) is 24.4 Å². The molecule has 1 saturated carbocycles. The lowest BCUT2D eigenvalue weighted by Crippen LogP contribution is -2.42. The molecule has 0 unspecified atom stereocenters. The zero-order chi connectivity index (χ0) is 15.2. The summed E-state index contributed by atoms with van der Waals surface area (Å²) in [4.78, 5) is 23.3. The number of rotatable bonds is 5. The van der Waals surface area contributed by atoms with Crippen LogP contribution in [0.5, 0.6) is 0 Å². The molecule has 116 valence electrons. The standard InChI is InChI=1S/C15H22N2O4/c1-3-20-14(18)13-8-7-11(21-13)9-16-15(19)17-12-6-4-5-10(12)2/h7-8,10,12H,3-6,9H2,1-2H3,(H2,16,17,19)/t10-,12+/m0/s1. The Bertz CT molecular complexity index is 498. The van der Waals surface area contributed by atoms with Crippen molar-refractivity contribution in [2.24, 2.45) is 5.92 Å². The number of carbonyl (C=O) groups is 2. The van der Waals surface area contributed by atoms with Crippen molar-refractivity contribution in [3.63, 3.8) is 0 Å². The fourth-order valence-electron chi connectivity index (χ4n) is 2.53. The van der Waals surface area contributed by atoms with Crippen LogP contribution in [0.2, 0.25) is 0 Å². The average Bonchev–Trinajstić information content (AvgIpc) is 3.07. The number of hydrogen-bond donors (Lipinski definition) is 2. The first kappa shape index (κ1) is 15.4. The molecule has 1 aromatic rings. The Kier molecular flexibility index (Phi) is 5.25. The van der Waals surface area contributed by atoms with Gasteiger partial charge in [-0.2, -0.15) is 0 Å². The predicted molar refractivity (Wildman–Crippen MR) is 76.8 cm³/mol. The van der Waals surface area contributed by atoms with Crippen LogP contribution in [-0.2, 0) is 11.3 Å². The summed E-state index contributed by atoms with van der Waals surface area (Å²) in [5.74, 6) is 0.703. The number of hydrogen-bond acceptors (Lipinski definition) is 4. The van der Waals surface area contributed by atoms with Crippen molar-refractivity contribution >= 4 is 12.0 Å². The lowest BCUT2D eigenvalue weighted by molar-refractivity contribution is 0.0488. The van der Waals surface area contributed by atoms with Crippen molar-refractivity contribution in [2.75, 3.05) is 6.61 Å². The van der Waals surface area contributed by atoms with Crippen LogP contribution in [0.15, 0.2) is 16.5 Å². The molecule has 2 atom stereocenters. The third-order valence-electron chi connectivity index (χ3n) is 3.74. The SMILES string of the molecule is CCOC(=O)c1ccc(CNC(=O)N[C@@H]2CCC[C@@H]2C)o1. The van der Waals surface area contributed by atoms with E-state index in [0.717, 1.165) is 19.3 Å².